The Labute approximate surface area is 165 Å². The molecule has 1 heterocycles. The number of rotatable bonds is 9. The number of thiophene rings is 1. The summed E-state index contributed by atoms with van der Waals surface area (Å²) < 4.78 is 18.4. The van der Waals surface area contributed by atoms with Crippen LogP contribution in [0.25, 0.3) is 0 Å². The van der Waals surface area contributed by atoms with Gasteiger partial charge in [-0.15, -0.1) is 11.3 Å². The van der Waals surface area contributed by atoms with Crippen LogP contribution in [-0.4, -0.2) is 42.7 Å². The molecule has 0 aliphatic carbocycles. The molecule has 0 bridgehead atoms. The first-order valence-corrected chi connectivity index (χ1v) is 9.42. The molecule has 1 aromatic carbocycles. The van der Waals surface area contributed by atoms with E-state index in [2.05, 4.69) is 10.6 Å². The van der Waals surface area contributed by atoms with Crippen LogP contribution in [0.1, 0.15) is 21.0 Å². The Morgan fingerprint density at radius 2 is 2.07 bits per heavy atom. The van der Waals surface area contributed by atoms with Crippen molar-refractivity contribution in [1.29, 1.82) is 0 Å². The Kier molecular flexibility index (Phi) is 8.02. The van der Waals surface area contributed by atoms with E-state index in [4.69, 9.17) is 16.3 Å². The van der Waals surface area contributed by atoms with Gasteiger partial charge in [-0.05, 0) is 37.6 Å². The van der Waals surface area contributed by atoms with E-state index in [0.29, 0.717) is 11.3 Å². The summed E-state index contributed by atoms with van der Waals surface area (Å²) in [6.07, 6.45) is -0.521. The molecule has 2 rings (SSSR count). The van der Waals surface area contributed by atoms with Gasteiger partial charge in [0.1, 0.15) is 11.6 Å². The highest BCUT2D eigenvalue weighted by atomic mass is 35.5. The lowest BCUT2D eigenvalue weighted by Crippen LogP contribution is -2.37. The molecule has 0 saturated heterocycles. The number of carbonyl (C=O) groups is 2. The minimum absolute atomic E-state index is 0.0190. The fraction of sp³-hybridized carbons (Fsp3) is 0.333. The van der Waals surface area contributed by atoms with Crippen LogP contribution in [0.15, 0.2) is 30.3 Å². The summed E-state index contributed by atoms with van der Waals surface area (Å²) in [4.78, 5) is 25.2. The summed E-state index contributed by atoms with van der Waals surface area (Å²) >= 11 is 6.96. The molecule has 0 aliphatic rings. The summed E-state index contributed by atoms with van der Waals surface area (Å²) in [6.45, 7) is 1.90. The molecule has 0 saturated carbocycles. The number of benzene rings is 1. The van der Waals surface area contributed by atoms with Crippen LogP contribution in [-0.2, 0) is 4.79 Å². The van der Waals surface area contributed by atoms with Crippen molar-refractivity contribution < 1.29 is 23.8 Å². The topological polar surface area (TPSA) is 87.7 Å². The molecule has 2 amide bonds. The molecule has 2 aromatic rings. The Bertz CT molecular complexity index is 799. The van der Waals surface area contributed by atoms with Crippen molar-refractivity contribution in [2.75, 3.05) is 19.7 Å². The summed E-state index contributed by atoms with van der Waals surface area (Å²) in [5.74, 6) is -1.10. The van der Waals surface area contributed by atoms with Crippen molar-refractivity contribution in [3.63, 3.8) is 0 Å². The molecule has 0 fully saturated rings. The zero-order chi connectivity index (χ0) is 19.8. The SMILES string of the molecule is Cc1ccc(C(=O)NCCC(O)CNC(=O)COc2ccc(Cl)c(F)c2)s1. The fourth-order valence-corrected chi connectivity index (χ4v) is 3.00. The Morgan fingerprint density at radius 1 is 1.30 bits per heavy atom. The van der Waals surface area contributed by atoms with Crippen molar-refractivity contribution >= 4 is 34.8 Å². The maximum Gasteiger partial charge on any atom is 0.261 e. The Balaban J connectivity index is 1.61. The van der Waals surface area contributed by atoms with Crippen LogP contribution in [0.2, 0.25) is 5.02 Å². The highest BCUT2D eigenvalue weighted by molar-refractivity contribution is 7.13. The van der Waals surface area contributed by atoms with Gasteiger partial charge < -0.3 is 20.5 Å². The van der Waals surface area contributed by atoms with E-state index in [1.165, 1.54) is 23.5 Å². The standard InChI is InChI=1S/C18H20ClFN2O4S/c1-11-2-5-16(27-11)18(25)21-7-6-12(23)9-22-17(24)10-26-13-3-4-14(19)15(20)8-13/h2-5,8,12,23H,6-7,9-10H2,1H3,(H,21,25)(H,22,24). The van der Waals surface area contributed by atoms with Crippen molar-refractivity contribution in [3.8, 4) is 5.75 Å². The third-order valence-electron chi connectivity index (χ3n) is 3.52. The van der Waals surface area contributed by atoms with Gasteiger partial charge in [0.25, 0.3) is 11.8 Å². The quantitative estimate of drug-likeness (QED) is 0.588. The third-order valence-corrected chi connectivity index (χ3v) is 4.83. The van der Waals surface area contributed by atoms with Gasteiger partial charge in [0, 0.05) is 24.0 Å². The number of hydrogen-bond acceptors (Lipinski definition) is 5. The van der Waals surface area contributed by atoms with Gasteiger partial charge in [-0.2, -0.15) is 0 Å². The van der Waals surface area contributed by atoms with Crippen LogP contribution < -0.4 is 15.4 Å². The minimum atomic E-state index is -0.813. The van der Waals surface area contributed by atoms with Gasteiger partial charge in [-0.25, -0.2) is 4.39 Å². The van der Waals surface area contributed by atoms with E-state index in [0.717, 1.165) is 10.9 Å². The zero-order valence-electron chi connectivity index (χ0n) is 14.6. The van der Waals surface area contributed by atoms with Crippen molar-refractivity contribution in [1.82, 2.24) is 10.6 Å². The van der Waals surface area contributed by atoms with Crippen molar-refractivity contribution in [2.45, 2.75) is 19.4 Å². The highest BCUT2D eigenvalue weighted by Crippen LogP contribution is 2.20. The lowest BCUT2D eigenvalue weighted by atomic mass is 10.2. The summed E-state index contributed by atoms with van der Waals surface area (Å²) in [7, 11) is 0. The van der Waals surface area contributed by atoms with Gasteiger partial charge >= 0.3 is 0 Å². The second-order valence-electron chi connectivity index (χ2n) is 5.78. The van der Waals surface area contributed by atoms with Gasteiger partial charge in [-0.1, -0.05) is 11.6 Å². The average molecular weight is 415 g/mol. The predicted molar refractivity (Wildman–Crippen MR) is 102 cm³/mol. The normalized spacial score (nSPS) is 11.7. The van der Waals surface area contributed by atoms with Crippen LogP contribution >= 0.6 is 22.9 Å². The van der Waals surface area contributed by atoms with E-state index in [1.54, 1.807) is 6.07 Å². The molecule has 0 aliphatic heterocycles. The summed E-state index contributed by atoms with van der Waals surface area (Å²) in [5, 5.41) is 15.1. The Morgan fingerprint density at radius 3 is 2.74 bits per heavy atom. The first-order chi connectivity index (χ1) is 12.8. The Hall–Kier alpha value is -2.16. The van der Waals surface area contributed by atoms with E-state index in [9.17, 15) is 19.1 Å². The first-order valence-electron chi connectivity index (χ1n) is 8.22. The third kappa shape index (κ3) is 7.16. The monoisotopic (exact) mass is 414 g/mol. The molecule has 0 radical (unpaired) electrons. The van der Waals surface area contributed by atoms with Gasteiger partial charge in [-0.3, -0.25) is 9.59 Å². The van der Waals surface area contributed by atoms with Gasteiger partial charge in [0.15, 0.2) is 6.61 Å². The minimum Gasteiger partial charge on any atom is -0.484 e. The maximum absolute atomic E-state index is 13.3. The van der Waals surface area contributed by atoms with Crippen LogP contribution in [0, 0.1) is 12.7 Å². The molecule has 6 nitrogen and oxygen atoms in total. The molecule has 3 N–H and O–H groups in total. The zero-order valence-corrected chi connectivity index (χ0v) is 16.2. The van der Waals surface area contributed by atoms with Gasteiger partial charge in [0.2, 0.25) is 0 Å². The smallest absolute Gasteiger partial charge is 0.261 e. The molecule has 27 heavy (non-hydrogen) atoms. The largest absolute Gasteiger partial charge is 0.484 e. The lowest BCUT2D eigenvalue weighted by molar-refractivity contribution is -0.123. The summed E-state index contributed by atoms with van der Waals surface area (Å²) in [6, 6.07) is 7.48. The van der Waals surface area contributed by atoms with E-state index in [-0.39, 0.29) is 36.4 Å². The van der Waals surface area contributed by atoms with Crippen molar-refractivity contribution in [2.24, 2.45) is 0 Å². The second kappa shape index (κ2) is 10.2. The number of aliphatic hydroxyl groups is 1. The number of aryl methyl sites for hydroxylation is 1. The van der Waals surface area contributed by atoms with Crippen LogP contribution in [0.5, 0.6) is 5.75 Å². The van der Waals surface area contributed by atoms with Gasteiger partial charge in [0.05, 0.1) is 16.0 Å². The van der Waals surface area contributed by atoms with E-state index < -0.39 is 17.8 Å². The molecular formula is C18H20ClFN2O4S. The van der Waals surface area contributed by atoms with E-state index in [1.807, 2.05) is 13.0 Å². The second-order valence-corrected chi connectivity index (χ2v) is 7.47. The molecule has 9 heteroatoms. The molecule has 146 valence electrons. The predicted octanol–water partition coefficient (Wildman–Crippen LogP) is 2.53. The number of nitrogens with one attached hydrogen (secondary N) is 2. The van der Waals surface area contributed by atoms with Crippen molar-refractivity contribution in [3.05, 3.63) is 50.9 Å². The number of halogens is 2. The molecule has 1 unspecified atom stereocenters. The highest BCUT2D eigenvalue weighted by Gasteiger charge is 2.11. The maximum atomic E-state index is 13.3. The number of hydrogen-bond donors (Lipinski definition) is 3. The molecule has 0 spiro atoms. The first kappa shape index (κ1) is 21.1. The lowest BCUT2D eigenvalue weighted by Gasteiger charge is -2.13. The summed E-state index contributed by atoms with van der Waals surface area (Å²) in [5.41, 5.74) is 0. The fourth-order valence-electron chi connectivity index (χ4n) is 2.10. The number of carbonyl (C=O) groups excluding carboxylic acids is 2. The number of aliphatic hydroxyl groups excluding tert-OH is 1. The van der Waals surface area contributed by atoms with Crippen LogP contribution in [0.4, 0.5) is 4.39 Å². The molecule has 1 atom stereocenters. The number of ether oxygens (including phenoxy) is 1. The molecular weight excluding hydrogens is 395 g/mol. The average Bonchev–Trinajstić information content (AvgIpc) is 3.07. The van der Waals surface area contributed by atoms with Crippen LogP contribution in [0.3, 0.4) is 0 Å². The molecule has 1 aromatic heterocycles. The number of amides is 2. The van der Waals surface area contributed by atoms with E-state index >= 15 is 0 Å².